The largest absolute Gasteiger partial charge is 0.462 e. The van der Waals surface area contributed by atoms with Crippen LogP contribution in [0.4, 0.5) is 0 Å². The third-order valence-electron chi connectivity index (χ3n) is 1.65. The number of carbonyl (C=O) groups is 2. The Morgan fingerprint density at radius 3 is 1.62 bits per heavy atom. The van der Waals surface area contributed by atoms with Gasteiger partial charge < -0.3 is 9.47 Å². The quantitative estimate of drug-likeness (QED) is 0.453. The number of hydrogen-bond donors (Lipinski definition) is 0. The first-order valence-corrected chi connectivity index (χ1v) is 5.88. The second-order valence-electron chi connectivity index (χ2n) is 4.99. The van der Waals surface area contributed by atoms with Crippen molar-refractivity contribution in [3.63, 3.8) is 0 Å². The Morgan fingerprint density at radius 1 is 0.938 bits per heavy atom. The Kier molecular flexibility index (Phi) is 5.46. The summed E-state index contributed by atoms with van der Waals surface area (Å²) in [4.78, 5) is 22.6. The van der Waals surface area contributed by atoms with Crippen LogP contribution in [0.1, 0.15) is 34.6 Å². The van der Waals surface area contributed by atoms with Gasteiger partial charge in [0.2, 0.25) is 0 Å². The molecule has 0 fully saturated rings. The molecule has 0 amide bonds. The molecular weight excluding hydrogens is 276 g/mol. The molecule has 0 aromatic heterocycles. The smallest absolute Gasteiger partial charge is 0.322 e. The monoisotopic (exact) mass is 294 g/mol. The second-order valence-corrected chi connectivity index (χ2v) is 6.98. The van der Waals surface area contributed by atoms with Crippen molar-refractivity contribution in [1.82, 2.24) is 0 Å². The summed E-state index contributed by atoms with van der Waals surface area (Å²) in [5.41, 5.74) is -0.529. The summed E-state index contributed by atoms with van der Waals surface area (Å²) in [6, 6.07) is 0. The van der Waals surface area contributed by atoms with E-state index in [0.29, 0.717) is 0 Å². The van der Waals surface area contributed by atoms with Gasteiger partial charge in [-0.05, 0) is 34.6 Å². The molecule has 0 N–H and O–H groups in total. The molecule has 0 unspecified atom stereocenters. The topological polar surface area (TPSA) is 52.6 Å². The maximum atomic E-state index is 11.3. The van der Waals surface area contributed by atoms with Gasteiger partial charge in [-0.3, -0.25) is 9.59 Å². The fourth-order valence-electron chi connectivity index (χ4n) is 0.657. The van der Waals surface area contributed by atoms with E-state index in [0.717, 1.165) is 0 Å². The summed E-state index contributed by atoms with van der Waals surface area (Å²) in [5.74, 6) is -0.680. The zero-order valence-electron chi connectivity index (χ0n) is 10.4. The van der Waals surface area contributed by atoms with Gasteiger partial charge in [0.1, 0.15) is 17.5 Å². The number of alkyl halides is 1. The number of rotatable bonds is 4. The molecular formula is C11H19BrO4. The first-order chi connectivity index (χ1) is 7.05. The average Bonchev–Trinajstić information content (AvgIpc) is 2.08. The summed E-state index contributed by atoms with van der Waals surface area (Å²) in [7, 11) is 0. The van der Waals surface area contributed by atoms with Crippen LogP contribution in [0.3, 0.4) is 0 Å². The van der Waals surface area contributed by atoms with Crippen LogP contribution in [0, 0.1) is 5.41 Å². The lowest BCUT2D eigenvalue weighted by Gasteiger charge is -2.18. The maximum absolute atomic E-state index is 11.3. The van der Waals surface area contributed by atoms with Crippen LogP contribution in [0.25, 0.3) is 0 Å². The highest BCUT2D eigenvalue weighted by Gasteiger charge is 2.26. The van der Waals surface area contributed by atoms with Crippen molar-refractivity contribution < 1.29 is 19.1 Å². The van der Waals surface area contributed by atoms with Crippen molar-refractivity contribution in [3.05, 3.63) is 0 Å². The lowest BCUT2D eigenvalue weighted by atomic mass is 9.97. The SMILES string of the molecule is CC(C)(C)C(=O)OCCOC(=O)C(C)(C)Br. The fourth-order valence-corrected chi connectivity index (χ4v) is 0.771. The molecule has 0 radical (unpaired) electrons. The van der Waals surface area contributed by atoms with Gasteiger partial charge in [-0.15, -0.1) is 0 Å². The molecule has 4 nitrogen and oxygen atoms in total. The molecule has 0 bridgehead atoms. The molecule has 0 aliphatic carbocycles. The Labute approximate surface area is 105 Å². The zero-order chi connectivity index (χ0) is 13.0. The summed E-state index contributed by atoms with van der Waals surface area (Å²) in [6.45, 7) is 8.85. The Morgan fingerprint density at radius 2 is 1.31 bits per heavy atom. The molecule has 5 heteroatoms. The van der Waals surface area contributed by atoms with Gasteiger partial charge >= 0.3 is 11.9 Å². The van der Waals surface area contributed by atoms with E-state index in [9.17, 15) is 9.59 Å². The summed E-state index contributed by atoms with van der Waals surface area (Å²) >= 11 is 3.17. The predicted molar refractivity (Wildman–Crippen MR) is 64.4 cm³/mol. The van der Waals surface area contributed by atoms with Crippen LogP contribution < -0.4 is 0 Å². The van der Waals surface area contributed by atoms with Gasteiger partial charge in [-0.1, -0.05) is 15.9 Å². The van der Waals surface area contributed by atoms with E-state index in [2.05, 4.69) is 15.9 Å². The molecule has 0 aliphatic heterocycles. The lowest BCUT2D eigenvalue weighted by molar-refractivity contribution is -0.158. The molecule has 0 saturated carbocycles. The minimum absolute atomic E-state index is 0.0791. The number of halogens is 1. The third kappa shape index (κ3) is 6.10. The normalized spacial score (nSPS) is 12.1. The van der Waals surface area contributed by atoms with Gasteiger partial charge in [0.25, 0.3) is 0 Å². The molecule has 0 aliphatic rings. The molecule has 0 atom stereocenters. The van der Waals surface area contributed by atoms with Gasteiger partial charge in [0.05, 0.1) is 5.41 Å². The molecule has 94 valence electrons. The highest BCUT2D eigenvalue weighted by atomic mass is 79.9. The van der Waals surface area contributed by atoms with E-state index in [1.807, 2.05) is 0 Å². The van der Waals surface area contributed by atoms with Crippen molar-refractivity contribution in [3.8, 4) is 0 Å². The molecule has 0 aromatic carbocycles. The number of ether oxygens (including phenoxy) is 2. The fraction of sp³-hybridized carbons (Fsp3) is 0.818. The van der Waals surface area contributed by atoms with Crippen LogP contribution in [-0.4, -0.2) is 29.5 Å². The van der Waals surface area contributed by atoms with Crippen LogP contribution in [0.5, 0.6) is 0 Å². The van der Waals surface area contributed by atoms with E-state index in [-0.39, 0.29) is 25.2 Å². The number of esters is 2. The van der Waals surface area contributed by atoms with Gasteiger partial charge in [-0.25, -0.2) is 0 Å². The first-order valence-electron chi connectivity index (χ1n) is 5.08. The van der Waals surface area contributed by atoms with Crippen LogP contribution in [-0.2, 0) is 19.1 Å². The van der Waals surface area contributed by atoms with E-state index < -0.39 is 9.74 Å². The van der Waals surface area contributed by atoms with Crippen LogP contribution in [0.2, 0.25) is 0 Å². The standard InChI is InChI=1S/C11H19BrO4/c1-10(2,3)8(13)15-6-7-16-9(14)11(4,5)12/h6-7H2,1-5H3. The number of hydrogen-bond acceptors (Lipinski definition) is 4. The van der Waals surface area contributed by atoms with E-state index in [1.54, 1.807) is 34.6 Å². The third-order valence-corrected chi connectivity index (χ3v) is 1.97. The van der Waals surface area contributed by atoms with Crippen molar-refractivity contribution in [1.29, 1.82) is 0 Å². The van der Waals surface area contributed by atoms with Crippen molar-refractivity contribution in [2.45, 2.75) is 38.9 Å². The highest BCUT2D eigenvalue weighted by Crippen LogP contribution is 2.17. The van der Waals surface area contributed by atoms with Crippen LogP contribution in [0.15, 0.2) is 0 Å². The molecule has 0 aromatic rings. The van der Waals surface area contributed by atoms with Crippen LogP contribution >= 0.6 is 15.9 Å². The predicted octanol–water partition coefficient (Wildman–Crippen LogP) is 2.29. The van der Waals surface area contributed by atoms with E-state index in [1.165, 1.54) is 0 Å². The van der Waals surface area contributed by atoms with Crippen molar-refractivity contribution in [2.75, 3.05) is 13.2 Å². The van der Waals surface area contributed by atoms with Crippen molar-refractivity contribution in [2.24, 2.45) is 5.41 Å². The Bertz CT molecular complexity index is 232. The minimum Gasteiger partial charge on any atom is -0.462 e. The minimum atomic E-state index is -0.707. The van der Waals surface area contributed by atoms with Crippen molar-refractivity contribution >= 4 is 27.9 Å². The summed E-state index contributed by atoms with van der Waals surface area (Å²) in [5, 5.41) is 0. The highest BCUT2D eigenvalue weighted by molar-refractivity contribution is 9.10. The van der Waals surface area contributed by atoms with E-state index in [4.69, 9.17) is 9.47 Å². The van der Waals surface area contributed by atoms with Gasteiger partial charge in [0.15, 0.2) is 0 Å². The zero-order valence-corrected chi connectivity index (χ0v) is 12.0. The van der Waals surface area contributed by atoms with E-state index >= 15 is 0 Å². The molecule has 0 heterocycles. The summed E-state index contributed by atoms with van der Waals surface area (Å²) < 4.78 is 9.14. The number of carbonyl (C=O) groups excluding carboxylic acids is 2. The molecule has 0 saturated heterocycles. The average molecular weight is 295 g/mol. The van der Waals surface area contributed by atoms with Gasteiger partial charge in [-0.2, -0.15) is 0 Å². The Balaban J connectivity index is 3.79. The first kappa shape index (κ1) is 15.4. The Hall–Kier alpha value is -0.580. The molecule has 0 rings (SSSR count). The lowest BCUT2D eigenvalue weighted by Crippen LogP contribution is -2.29. The second kappa shape index (κ2) is 5.66. The maximum Gasteiger partial charge on any atom is 0.322 e. The molecule has 16 heavy (non-hydrogen) atoms. The van der Waals surface area contributed by atoms with Gasteiger partial charge in [0, 0.05) is 0 Å². The summed E-state index contributed by atoms with van der Waals surface area (Å²) in [6.07, 6.45) is 0. The molecule has 0 spiro atoms.